The van der Waals surface area contributed by atoms with Crippen molar-refractivity contribution in [1.29, 1.82) is 0 Å². The molecule has 2 aliphatic heterocycles. The molecule has 4 heterocycles. The van der Waals surface area contributed by atoms with Crippen LogP contribution in [-0.2, 0) is 0 Å². The van der Waals surface area contributed by atoms with E-state index in [4.69, 9.17) is 4.74 Å². The number of piperidine rings is 1. The predicted octanol–water partition coefficient (Wildman–Crippen LogP) is 3.59. The molecule has 0 spiro atoms. The number of aromatic nitrogens is 3. The summed E-state index contributed by atoms with van der Waals surface area (Å²) in [7, 11) is 3.44. The highest BCUT2D eigenvalue weighted by molar-refractivity contribution is 5.74. The molecule has 5 rings (SSSR count). The number of pyridine rings is 1. The highest BCUT2D eigenvalue weighted by atomic mass is 19.1. The molecular formula is C24H26FN5O2. The van der Waals surface area contributed by atoms with Crippen molar-refractivity contribution in [3.05, 3.63) is 48.9 Å². The first-order valence-electron chi connectivity index (χ1n) is 10.8. The number of rotatable bonds is 5. The number of benzene rings is 1. The molecule has 2 fully saturated rings. The number of hydrogen-bond acceptors (Lipinski definition) is 7. The van der Waals surface area contributed by atoms with Crippen LogP contribution in [-0.4, -0.2) is 58.5 Å². The van der Waals surface area contributed by atoms with Crippen LogP contribution in [0.4, 0.5) is 10.2 Å². The van der Waals surface area contributed by atoms with Gasteiger partial charge in [-0.2, -0.15) is 0 Å². The number of halogens is 1. The van der Waals surface area contributed by atoms with Crippen molar-refractivity contribution in [3.8, 4) is 34.0 Å². The van der Waals surface area contributed by atoms with Gasteiger partial charge in [0.2, 0.25) is 5.88 Å². The monoisotopic (exact) mass is 435 g/mol. The van der Waals surface area contributed by atoms with E-state index in [1.165, 1.54) is 0 Å². The number of alkyl halides is 1. The lowest BCUT2D eigenvalue weighted by atomic mass is 9.96. The summed E-state index contributed by atoms with van der Waals surface area (Å²) in [6.07, 6.45) is 6.69. The van der Waals surface area contributed by atoms with Crippen molar-refractivity contribution in [2.24, 2.45) is 0 Å². The van der Waals surface area contributed by atoms with E-state index in [-0.39, 0.29) is 17.8 Å². The number of fused-ring (bicyclic) bond motifs is 2. The SMILES string of the molecule is COc1cc(-c2ccc(-c3cnc(N(C)[C@H]4CC5CCC(N5)[C@H]4F)cn3)c(O)c2)ccn1. The standard InChI is InChI=1S/C24H26FN5O2/c1-30(20-11-16-4-6-18(29-16)24(20)25)22-13-27-19(12-28-22)17-5-3-14(9-21(17)31)15-7-8-26-23(10-15)32-2/h3,5,7-10,12-13,16,18,20,24,29,31H,4,6,11H2,1-2H3/t16?,18?,20-,24+/m0/s1. The minimum atomic E-state index is -0.927. The molecule has 166 valence electrons. The van der Waals surface area contributed by atoms with Crippen LogP contribution in [0.5, 0.6) is 11.6 Å². The van der Waals surface area contributed by atoms with E-state index in [0.29, 0.717) is 29.0 Å². The second-order valence-electron chi connectivity index (χ2n) is 8.48. The van der Waals surface area contributed by atoms with Crippen LogP contribution in [0.1, 0.15) is 19.3 Å². The predicted molar refractivity (Wildman–Crippen MR) is 121 cm³/mol. The van der Waals surface area contributed by atoms with Gasteiger partial charge in [0.15, 0.2) is 0 Å². The summed E-state index contributed by atoms with van der Waals surface area (Å²) < 4.78 is 20.1. The van der Waals surface area contributed by atoms with Crippen LogP contribution < -0.4 is 15.0 Å². The Balaban J connectivity index is 1.35. The fraction of sp³-hybridized carbons (Fsp3) is 0.375. The summed E-state index contributed by atoms with van der Waals surface area (Å²) in [6, 6.07) is 9.17. The molecule has 3 aromatic rings. The molecule has 2 unspecified atom stereocenters. The van der Waals surface area contributed by atoms with E-state index in [2.05, 4.69) is 20.3 Å². The maximum Gasteiger partial charge on any atom is 0.213 e. The average Bonchev–Trinajstić information content (AvgIpc) is 3.24. The number of anilines is 1. The highest BCUT2D eigenvalue weighted by Crippen LogP contribution is 2.35. The zero-order valence-electron chi connectivity index (χ0n) is 18.1. The van der Waals surface area contributed by atoms with Gasteiger partial charge in [-0.1, -0.05) is 6.07 Å². The molecule has 32 heavy (non-hydrogen) atoms. The van der Waals surface area contributed by atoms with Crippen molar-refractivity contribution in [1.82, 2.24) is 20.3 Å². The number of ether oxygens (including phenoxy) is 1. The highest BCUT2D eigenvalue weighted by Gasteiger charge is 2.43. The van der Waals surface area contributed by atoms with Gasteiger partial charge in [-0.15, -0.1) is 0 Å². The Morgan fingerprint density at radius 2 is 1.94 bits per heavy atom. The van der Waals surface area contributed by atoms with Crippen molar-refractivity contribution >= 4 is 5.82 Å². The van der Waals surface area contributed by atoms with Crippen LogP contribution in [0.25, 0.3) is 22.4 Å². The first-order valence-corrected chi connectivity index (χ1v) is 10.8. The van der Waals surface area contributed by atoms with Crippen LogP contribution >= 0.6 is 0 Å². The number of methoxy groups -OCH3 is 1. The number of nitrogens with zero attached hydrogens (tertiary/aromatic N) is 4. The van der Waals surface area contributed by atoms with Crippen molar-refractivity contribution in [2.45, 2.75) is 43.6 Å². The van der Waals surface area contributed by atoms with Gasteiger partial charge in [0.1, 0.15) is 17.7 Å². The lowest BCUT2D eigenvalue weighted by molar-refractivity contribution is 0.176. The minimum Gasteiger partial charge on any atom is -0.507 e. The van der Waals surface area contributed by atoms with Crippen LogP contribution in [0, 0.1) is 0 Å². The summed E-state index contributed by atoms with van der Waals surface area (Å²) in [5.74, 6) is 1.24. The van der Waals surface area contributed by atoms with Crippen molar-refractivity contribution in [2.75, 3.05) is 19.1 Å². The van der Waals surface area contributed by atoms with Crippen LogP contribution in [0.3, 0.4) is 0 Å². The van der Waals surface area contributed by atoms with E-state index < -0.39 is 6.17 Å². The van der Waals surface area contributed by atoms with E-state index in [1.54, 1.807) is 31.8 Å². The third kappa shape index (κ3) is 3.75. The normalized spacial score (nSPS) is 24.3. The molecular weight excluding hydrogens is 409 g/mol. The smallest absolute Gasteiger partial charge is 0.213 e. The molecule has 2 N–H and O–H groups in total. The molecule has 2 aromatic heterocycles. The van der Waals surface area contributed by atoms with Gasteiger partial charge in [-0.3, -0.25) is 4.98 Å². The first kappa shape index (κ1) is 20.6. The molecule has 0 radical (unpaired) electrons. The van der Waals surface area contributed by atoms with E-state index in [9.17, 15) is 9.50 Å². The van der Waals surface area contributed by atoms with Gasteiger partial charge in [0.05, 0.1) is 31.2 Å². The quantitative estimate of drug-likeness (QED) is 0.634. The second kappa shape index (κ2) is 8.35. The number of phenols is 1. The molecule has 0 amide bonds. The Kier molecular flexibility index (Phi) is 5.38. The molecule has 2 aliphatic rings. The summed E-state index contributed by atoms with van der Waals surface area (Å²) in [4.78, 5) is 15.0. The molecule has 7 nitrogen and oxygen atoms in total. The van der Waals surface area contributed by atoms with E-state index in [1.807, 2.05) is 36.2 Å². The molecule has 8 heteroatoms. The van der Waals surface area contributed by atoms with Crippen LogP contribution in [0.2, 0.25) is 0 Å². The number of hydrogen-bond donors (Lipinski definition) is 2. The molecule has 0 aliphatic carbocycles. The minimum absolute atomic E-state index is 0.0655. The number of aromatic hydroxyl groups is 1. The van der Waals surface area contributed by atoms with Crippen LogP contribution in [0.15, 0.2) is 48.9 Å². The van der Waals surface area contributed by atoms with Gasteiger partial charge < -0.3 is 20.1 Å². The fourth-order valence-electron chi connectivity index (χ4n) is 4.79. The lowest BCUT2D eigenvalue weighted by Gasteiger charge is -2.38. The maximum atomic E-state index is 14.9. The number of phenolic OH excluding ortho intramolecular Hbond substituents is 1. The fourth-order valence-corrected chi connectivity index (χ4v) is 4.79. The van der Waals surface area contributed by atoms with Gasteiger partial charge in [0.25, 0.3) is 0 Å². The van der Waals surface area contributed by atoms with Gasteiger partial charge in [-0.05, 0) is 48.6 Å². The van der Waals surface area contributed by atoms with Crippen molar-refractivity contribution in [3.63, 3.8) is 0 Å². The zero-order chi connectivity index (χ0) is 22.2. The molecule has 4 atom stereocenters. The Labute approximate surface area is 186 Å². The summed E-state index contributed by atoms with van der Waals surface area (Å²) in [6.45, 7) is 0. The topological polar surface area (TPSA) is 83.4 Å². The maximum absolute atomic E-state index is 14.9. The zero-order valence-corrected chi connectivity index (χ0v) is 18.1. The summed E-state index contributed by atoms with van der Waals surface area (Å²) in [5, 5.41) is 14.0. The van der Waals surface area contributed by atoms with Gasteiger partial charge in [-0.25, -0.2) is 14.4 Å². The van der Waals surface area contributed by atoms with Gasteiger partial charge >= 0.3 is 0 Å². The Morgan fingerprint density at radius 3 is 2.69 bits per heavy atom. The lowest BCUT2D eigenvalue weighted by Crippen LogP contribution is -2.55. The molecule has 1 aromatic carbocycles. The first-order chi connectivity index (χ1) is 15.5. The third-order valence-corrected chi connectivity index (χ3v) is 6.60. The Bertz CT molecular complexity index is 1110. The van der Waals surface area contributed by atoms with Gasteiger partial charge in [0, 0.05) is 37.0 Å². The van der Waals surface area contributed by atoms with E-state index in [0.717, 1.165) is 30.4 Å². The second-order valence-corrected chi connectivity index (χ2v) is 8.48. The molecule has 2 bridgehead atoms. The molecule has 0 saturated carbocycles. The van der Waals surface area contributed by atoms with E-state index >= 15 is 0 Å². The summed E-state index contributed by atoms with van der Waals surface area (Å²) >= 11 is 0. The Hall–Kier alpha value is -3.26. The third-order valence-electron chi connectivity index (χ3n) is 6.60. The number of nitrogens with one attached hydrogen (secondary N) is 1. The Morgan fingerprint density at radius 1 is 1.09 bits per heavy atom. The summed E-state index contributed by atoms with van der Waals surface area (Å²) in [5.41, 5.74) is 2.87. The molecule has 2 saturated heterocycles. The van der Waals surface area contributed by atoms with Crippen molar-refractivity contribution < 1.29 is 14.2 Å². The average molecular weight is 436 g/mol. The largest absolute Gasteiger partial charge is 0.507 e.